The zero-order valence-corrected chi connectivity index (χ0v) is 11.9. The lowest BCUT2D eigenvalue weighted by molar-refractivity contribution is -0.137. The number of benzene rings is 1. The number of ether oxygens (including phenoxy) is 1. The van der Waals surface area contributed by atoms with Crippen molar-refractivity contribution in [1.29, 1.82) is 0 Å². The zero-order valence-electron chi connectivity index (χ0n) is 11.1. The summed E-state index contributed by atoms with van der Waals surface area (Å²) in [7, 11) is 1.70. The van der Waals surface area contributed by atoms with Crippen molar-refractivity contribution in [2.24, 2.45) is 0 Å². The molecule has 1 aliphatic rings. The number of hydrogen-bond donors (Lipinski definition) is 1. The number of methoxy groups -OCH3 is 1. The Morgan fingerprint density at radius 2 is 1.85 bits per heavy atom. The topological polar surface area (TPSA) is 21.3 Å². The summed E-state index contributed by atoms with van der Waals surface area (Å²) in [5.41, 5.74) is -0.170. The van der Waals surface area contributed by atoms with E-state index in [2.05, 4.69) is 5.32 Å². The van der Waals surface area contributed by atoms with Gasteiger partial charge in [-0.3, -0.25) is 0 Å². The van der Waals surface area contributed by atoms with E-state index in [1.807, 2.05) is 0 Å². The lowest BCUT2D eigenvalue weighted by Crippen LogP contribution is -2.29. The average Bonchev–Trinajstić information content (AvgIpc) is 2.41. The highest BCUT2D eigenvalue weighted by atomic mass is 35.5. The van der Waals surface area contributed by atoms with Gasteiger partial charge in [-0.05, 0) is 43.9 Å². The lowest BCUT2D eigenvalue weighted by atomic mass is 9.93. The van der Waals surface area contributed by atoms with Crippen LogP contribution in [0.2, 0.25) is 5.02 Å². The molecule has 0 radical (unpaired) electrons. The van der Waals surface area contributed by atoms with Gasteiger partial charge < -0.3 is 10.1 Å². The number of rotatable bonds is 3. The van der Waals surface area contributed by atoms with Crippen molar-refractivity contribution in [3.8, 4) is 0 Å². The average molecular weight is 308 g/mol. The fourth-order valence-electron chi connectivity index (χ4n) is 2.47. The number of alkyl halides is 3. The molecular formula is C14H17ClF3NO. The van der Waals surface area contributed by atoms with Gasteiger partial charge in [-0.1, -0.05) is 11.6 Å². The molecule has 2 rings (SSSR count). The van der Waals surface area contributed by atoms with E-state index in [9.17, 15) is 13.2 Å². The van der Waals surface area contributed by atoms with E-state index < -0.39 is 11.7 Å². The second-order valence-corrected chi connectivity index (χ2v) is 5.45. The highest BCUT2D eigenvalue weighted by molar-refractivity contribution is 6.33. The Kier molecular flexibility index (Phi) is 4.81. The standard InChI is InChI=1S/C14H17ClF3NO/c1-20-11-5-3-10(4-6-11)19-13-7-2-9(8-12(13)15)14(16,17)18/h2,7-8,10-11,19H,3-6H2,1H3. The Bertz CT molecular complexity index is 456. The van der Waals surface area contributed by atoms with E-state index in [4.69, 9.17) is 16.3 Å². The van der Waals surface area contributed by atoms with Crippen molar-refractivity contribution in [3.05, 3.63) is 28.8 Å². The van der Waals surface area contributed by atoms with E-state index in [0.717, 1.165) is 37.8 Å². The van der Waals surface area contributed by atoms with Crippen molar-refractivity contribution < 1.29 is 17.9 Å². The molecule has 0 spiro atoms. The summed E-state index contributed by atoms with van der Waals surface area (Å²) >= 11 is 5.92. The molecular weight excluding hydrogens is 291 g/mol. The normalized spacial score (nSPS) is 23.6. The van der Waals surface area contributed by atoms with E-state index in [1.165, 1.54) is 6.07 Å². The lowest BCUT2D eigenvalue weighted by Gasteiger charge is -2.29. The fourth-order valence-corrected chi connectivity index (χ4v) is 2.71. The molecule has 0 atom stereocenters. The van der Waals surface area contributed by atoms with Crippen LogP contribution >= 0.6 is 11.6 Å². The van der Waals surface area contributed by atoms with Crippen LogP contribution in [0.25, 0.3) is 0 Å². The molecule has 112 valence electrons. The van der Waals surface area contributed by atoms with Gasteiger partial charge in [0.25, 0.3) is 0 Å². The third kappa shape index (κ3) is 3.79. The minimum Gasteiger partial charge on any atom is -0.381 e. The summed E-state index contributed by atoms with van der Waals surface area (Å²) in [4.78, 5) is 0. The van der Waals surface area contributed by atoms with E-state index in [-0.39, 0.29) is 17.2 Å². The maximum atomic E-state index is 12.5. The Labute approximate surface area is 121 Å². The molecule has 1 aliphatic carbocycles. The zero-order chi connectivity index (χ0) is 14.8. The van der Waals surface area contributed by atoms with Gasteiger partial charge >= 0.3 is 6.18 Å². The van der Waals surface area contributed by atoms with Crippen molar-refractivity contribution in [2.75, 3.05) is 12.4 Å². The molecule has 0 aromatic heterocycles. The highest BCUT2D eigenvalue weighted by Gasteiger charge is 2.31. The van der Waals surface area contributed by atoms with Crippen LogP contribution in [0.5, 0.6) is 0 Å². The Morgan fingerprint density at radius 3 is 2.35 bits per heavy atom. The number of hydrogen-bond acceptors (Lipinski definition) is 2. The van der Waals surface area contributed by atoms with E-state index in [1.54, 1.807) is 7.11 Å². The van der Waals surface area contributed by atoms with Crippen molar-refractivity contribution in [2.45, 2.75) is 44.0 Å². The second-order valence-electron chi connectivity index (χ2n) is 5.05. The van der Waals surface area contributed by atoms with Gasteiger partial charge in [0.15, 0.2) is 0 Å². The molecule has 1 N–H and O–H groups in total. The van der Waals surface area contributed by atoms with Gasteiger partial charge in [-0.25, -0.2) is 0 Å². The van der Waals surface area contributed by atoms with Crippen LogP contribution in [-0.2, 0) is 10.9 Å². The van der Waals surface area contributed by atoms with Crippen LogP contribution in [-0.4, -0.2) is 19.3 Å². The molecule has 6 heteroatoms. The summed E-state index contributed by atoms with van der Waals surface area (Å²) in [6.07, 6.45) is -0.320. The van der Waals surface area contributed by atoms with Gasteiger partial charge in [0.2, 0.25) is 0 Å². The number of halogens is 4. The van der Waals surface area contributed by atoms with Gasteiger partial charge in [-0.2, -0.15) is 13.2 Å². The van der Waals surface area contributed by atoms with Gasteiger partial charge in [-0.15, -0.1) is 0 Å². The monoisotopic (exact) mass is 307 g/mol. The molecule has 0 heterocycles. The van der Waals surface area contributed by atoms with Crippen LogP contribution in [0, 0.1) is 0 Å². The molecule has 20 heavy (non-hydrogen) atoms. The first kappa shape index (κ1) is 15.4. The summed E-state index contributed by atoms with van der Waals surface area (Å²) in [5.74, 6) is 0. The first-order valence-electron chi connectivity index (χ1n) is 6.56. The molecule has 1 aromatic rings. The molecule has 1 fully saturated rings. The molecule has 0 aliphatic heterocycles. The van der Waals surface area contributed by atoms with Crippen LogP contribution in [0.15, 0.2) is 18.2 Å². The Morgan fingerprint density at radius 1 is 1.20 bits per heavy atom. The van der Waals surface area contributed by atoms with Crippen LogP contribution < -0.4 is 5.32 Å². The van der Waals surface area contributed by atoms with Gasteiger partial charge in [0, 0.05) is 13.2 Å². The first-order chi connectivity index (χ1) is 9.40. The SMILES string of the molecule is COC1CCC(Nc2ccc(C(F)(F)F)cc2Cl)CC1. The minimum atomic E-state index is -4.36. The smallest absolute Gasteiger partial charge is 0.381 e. The van der Waals surface area contributed by atoms with Crippen LogP contribution in [0.3, 0.4) is 0 Å². The number of anilines is 1. The van der Waals surface area contributed by atoms with Crippen molar-refractivity contribution in [1.82, 2.24) is 0 Å². The van der Waals surface area contributed by atoms with Gasteiger partial charge in [0.1, 0.15) is 0 Å². The predicted octanol–water partition coefficient (Wildman–Crippen LogP) is 4.73. The highest BCUT2D eigenvalue weighted by Crippen LogP contribution is 2.34. The number of nitrogens with one attached hydrogen (secondary N) is 1. The summed E-state index contributed by atoms with van der Waals surface area (Å²) < 4.78 is 42.9. The van der Waals surface area contributed by atoms with Gasteiger partial charge in [0.05, 0.1) is 22.4 Å². The maximum absolute atomic E-state index is 12.5. The second kappa shape index (κ2) is 6.22. The molecule has 1 aromatic carbocycles. The molecule has 2 nitrogen and oxygen atoms in total. The van der Waals surface area contributed by atoms with Crippen LogP contribution in [0.1, 0.15) is 31.2 Å². The third-order valence-corrected chi connectivity index (χ3v) is 3.98. The first-order valence-corrected chi connectivity index (χ1v) is 6.94. The summed E-state index contributed by atoms with van der Waals surface area (Å²) in [5, 5.41) is 3.32. The quantitative estimate of drug-likeness (QED) is 0.871. The Hall–Kier alpha value is -0.940. The molecule has 0 unspecified atom stereocenters. The predicted molar refractivity (Wildman–Crippen MR) is 73.1 cm³/mol. The van der Waals surface area contributed by atoms with Crippen molar-refractivity contribution in [3.63, 3.8) is 0 Å². The minimum absolute atomic E-state index is 0.105. The molecule has 1 saturated carbocycles. The molecule has 0 saturated heterocycles. The molecule has 0 bridgehead atoms. The fraction of sp³-hybridized carbons (Fsp3) is 0.571. The summed E-state index contributed by atoms with van der Waals surface area (Å²) in [6.45, 7) is 0. The largest absolute Gasteiger partial charge is 0.416 e. The maximum Gasteiger partial charge on any atom is 0.416 e. The molecule has 0 amide bonds. The van der Waals surface area contributed by atoms with E-state index in [0.29, 0.717) is 5.69 Å². The van der Waals surface area contributed by atoms with Crippen molar-refractivity contribution >= 4 is 17.3 Å². The summed E-state index contributed by atoms with van der Waals surface area (Å²) in [6, 6.07) is 3.64. The van der Waals surface area contributed by atoms with Crippen LogP contribution in [0.4, 0.5) is 18.9 Å². The Balaban J connectivity index is 2.00. The third-order valence-electron chi connectivity index (χ3n) is 3.66. The van der Waals surface area contributed by atoms with E-state index >= 15 is 0 Å².